The molecule has 0 aliphatic rings. The summed E-state index contributed by atoms with van der Waals surface area (Å²) < 4.78 is 0.838. The highest BCUT2D eigenvalue weighted by atomic mass is 79.9. The quantitative estimate of drug-likeness (QED) is 0.258. The molecule has 1 unspecified atom stereocenters. The first-order valence-electron chi connectivity index (χ1n) is 11.0. The number of hydrogen-bond donors (Lipinski definition) is 3. The predicted octanol–water partition coefficient (Wildman–Crippen LogP) is 5.77. The summed E-state index contributed by atoms with van der Waals surface area (Å²) >= 11 is 9.86. The van der Waals surface area contributed by atoms with Crippen molar-refractivity contribution in [2.24, 2.45) is 0 Å². The van der Waals surface area contributed by atoms with Crippen molar-refractivity contribution >= 4 is 50.3 Å². The van der Waals surface area contributed by atoms with Gasteiger partial charge >= 0.3 is 5.97 Å². The Balaban J connectivity index is 1.71. The van der Waals surface area contributed by atoms with Gasteiger partial charge in [-0.15, -0.1) is 0 Å². The molecule has 0 spiro atoms. The van der Waals surface area contributed by atoms with Gasteiger partial charge in [-0.05, 0) is 42.3 Å². The molecule has 0 saturated carbocycles. The van der Waals surface area contributed by atoms with Gasteiger partial charge in [-0.2, -0.15) is 0 Å². The van der Waals surface area contributed by atoms with Crippen LogP contribution in [-0.2, 0) is 4.79 Å². The van der Waals surface area contributed by atoms with E-state index in [1.807, 2.05) is 67.6 Å². The number of nitrogens with one attached hydrogen (secondary N) is 2. The SMILES string of the molecule is Cc1c(-c2ccccc2)nc2ccc(Br)cc2c1C(=O)NCC(NCC(=O)O)c1ccccc1Cl. The molecule has 1 heterocycles. The number of aromatic nitrogens is 1. The van der Waals surface area contributed by atoms with Gasteiger partial charge in [0.1, 0.15) is 0 Å². The number of carboxylic acid groups (broad SMARTS) is 1. The molecule has 0 bridgehead atoms. The van der Waals surface area contributed by atoms with Crippen LogP contribution in [0.1, 0.15) is 27.5 Å². The number of benzene rings is 3. The molecule has 0 saturated heterocycles. The van der Waals surface area contributed by atoms with Crippen LogP contribution < -0.4 is 10.6 Å². The number of amides is 1. The van der Waals surface area contributed by atoms with Gasteiger partial charge in [0.05, 0.1) is 29.4 Å². The second kappa shape index (κ2) is 11.0. The minimum Gasteiger partial charge on any atom is -0.480 e. The summed E-state index contributed by atoms with van der Waals surface area (Å²) in [5.41, 5.74) is 4.34. The first-order valence-corrected chi connectivity index (χ1v) is 12.2. The number of halogens is 2. The summed E-state index contributed by atoms with van der Waals surface area (Å²) in [5.74, 6) is -1.28. The Kier molecular flexibility index (Phi) is 7.80. The van der Waals surface area contributed by atoms with Crippen molar-refractivity contribution in [1.29, 1.82) is 0 Å². The van der Waals surface area contributed by atoms with Crippen molar-refractivity contribution in [1.82, 2.24) is 15.6 Å². The summed E-state index contributed by atoms with van der Waals surface area (Å²) in [7, 11) is 0. The Morgan fingerprint density at radius 2 is 1.77 bits per heavy atom. The zero-order valence-corrected chi connectivity index (χ0v) is 21.2. The molecule has 0 fully saturated rings. The topological polar surface area (TPSA) is 91.3 Å². The van der Waals surface area contributed by atoms with E-state index >= 15 is 0 Å². The zero-order chi connectivity index (χ0) is 24.9. The van der Waals surface area contributed by atoms with E-state index in [1.54, 1.807) is 12.1 Å². The van der Waals surface area contributed by atoms with E-state index in [0.717, 1.165) is 26.7 Å². The molecule has 4 rings (SSSR count). The third-order valence-electron chi connectivity index (χ3n) is 5.71. The van der Waals surface area contributed by atoms with Crippen molar-refractivity contribution in [2.45, 2.75) is 13.0 Å². The van der Waals surface area contributed by atoms with Crippen molar-refractivity contribution in [3.05, 3.63) is 99.0 Å². The van der Waals surface area contributed by atoms with E-state index in [0.29, 0.717) is 21.7 Å². The van der Waals surface area contributed by atoms with Gasteiger partial charge in [0.15, 0.2) is 0 Å². The summed E-state index contributed by atoms with van der Waals surface area (Å²) in [6, 6.07) is 22.1. The number of carboxylic acids is 1. The normalized spacial score (nSPS) is 11.9. The van der Waals surface area contributed by atoms with Gasteiger partial charge in [-0.25, -0.2) is 4.98 Å². The largest absolute Gasteiger partial charge is 0.480 e. The second-order valence-electron chi connectivity index (χ2n) is 8.05. The van der Waals surface area contributed by atoms with Gasteiger partial charge in [-0.1, -0.05) is 76.1 Å². The van der Waals surface area contributed by atoms with Crippen LogP contribution in [0.15, 0.2) is 77.3 Å². The number of carbonyl (C=O) groups is 2. The van der Waals surface area contributed by atoms with Crippen LogP contribution in [0.3, 0.4) is 0 Å². The summed E-state index contributed by atoms with van der Waals surface area (Å²) in [5, 5.41) is 16.3. The highest BCUT2D eigenvalue weighted by molar-refractivity contribution is 9.10. The molecule has 0 radical (unpaired) electrons. The second-order valence-corrected chi connectivity index (χ2v) is 9.37. The van der Waals surface area contributed by atoms with Crippen LogP contribution in [0.2, 0.25) is 5.02 Å². The number of fused-ring (bicyclic) bond motifs is 1. The highest BCUT2D eigenvalue weighted by Crippen LogP contribution is 2.31. The smallest absolute Gasteiger partial charge is 0.317 e. The first kappa shape index (κ1) is 24.9. The number of hydrogen-bond acceptors (Lipinski definition) is 4. The summed E-state index contributed by atoms with van der Waals surface area (Å²) in [6.07, 6.45) is 0. The molecule has 1 aromatic heterocycles. The fourth-order valence-corrected chi connectivity index (χ4v) is 4.67. The Morgan fingerprint density at radius 3 is 2.49 bits per heavy atom. The minimum absolute atomic E-state index is 0.147. The molecule has 35 heavy (non-hydrogen) atoms. The van der Waals surface area contributed by atoms with Crippen LogP contribution in [0.4, 0.5) is 0 Å². The van der Waals surface area contributed by atoms with Crippen molar-refractivity contribution in [3.8, 4) is 11.3 Å². The van der Waals surface area contributed by atoms with Gasteiger partial charge in [0, 0.05) is 27.0 Å². The van der Waals surface area contributed by atoms with E-state index in [2.05, 4.69) is 26.6 Å². The average molecular weight is 553 g/mol. The Labute approximate surface area is 216 Å². The molecule has 3 aromatic carbocycles. The molecule has 178 valence electrons. The summed E-state index contributed by atoms with van der Waals surface area (Å²) in [4.78, 5) is 29.6. The lowest BCUT2D eigenvalue weighted by molar-refractivity contribution is -0.136. The van der Waals surface area contributed by atoms with Crippen LogP contribution in [0.5, 0.6) is 0 Å². The zero-order valence-electron chi connectivity index (χ0n) is 18.9. The molecule has 1 amide bonds. The van der Waals surface area contributed by atoms with Gasteiger partial charge in [0.25, 0.3) is 5.91 Å². The molecule has 0 aliphatic carbocycles. The molecule has 8 heteroatoms. The lowest BCUT2D eigenvalue weighted by Crippen LogP contribution is -2.37. The van der Waals surface area contributed by atoms with E-state index in [9.17, 15) is 9.59 Å². The number of pyridine rings is 1. The number of nitrogens with zero attached hydrogens (tertiary/aromatic N) is 1. The Morgan fingerprint density at radius 1 is 1.06 bits per heavy atom. The molecule has 1 atom stereocenters. The molecular formula is C27H23BrClN3O3. The summed E-state index contributed by atoms with van der Waals surface area (Å²) in [6.45, 7) is 1.76. The lowest BCUT2D eigenvalue weighted by Gasteiger charge is -2.21. The monoisotopic (exact) mass is 551 g/mol. The fraction of sp³-hybridized carbons (Fsp3) is 0.148. The van der Waals surface area contributed by atoms with E-state index in [4.69, 9.17) is 21.7 Å². The maximum Gasteiger partial charge on any atom is 0.317 e. The van der Waals surface area contributed by atoms with Crippen molar-refractivity contribution < 1.29 is 14.7 Å². The van der Waals surface area contributed by atoms with Gasteiger partial charge < -0.3 is 10.4 Å². The van der Waals surface area contributed by atoms with Crippen molar-refractivity contribution in [2.75, 3.05) is 13.1 Å². The van der Waals surface area contributed by atoms with Crippen LogP contribution in [0, 0.1) is 6.92 Å². The standard InChI is InChI=1S/C27H23BrClN3O3/c1-16-25(20-13-18(28)11-12-22(20)32-26(16)17-7-3-2-4-8-17)27(35)31-14-23(30-15-24(33)34)19-9-5-6-10-21(19)29/h2-13,23,30H,14-15H2,1H3,(H,31,35)(H,33,34). The third kappa shape index (κ3) is 5.70. The minimum atomic E-state index is -0.998. The van der Waals surface area contributed by atoms with E-state index < -0.39 is 12.0 Å². The number of rotatable bonds is 8. The molecular weight excluding hydrogens is 530 g/mol. The molecule has 6 nitrogen and oxygen atoms in total. The average Bonchev–Trinajstić information content (AvgIpc) is 2.84. The van der Waals surface area contributed by atoms with Crippen LogP contribution in [-0.4, -0.2) is 35.1 Å². The molecule has 0 aliphatic heterocycles. The third-order valence-corrected chi connectivity index (χ3v) is 6.55. The maximum atomic E-state index is 13.6. The fourth-order valence-electron chi connectivity index (χ4n) is 4.04. The predicted molar refractivity (Wildman–Crippen MR) is 142 cm³/mol. The number of carbonyl (C=O) groups excluding carboxylic acids is 1. The van der Waals surface area contributed by atoms with E-state index in [-0.39, 0.29) is 19.0 Å². The van der Waals surface area contributed by atoms with Crippen molar-refractivity contribution in [3.63, 3.8) is 0 Å². The first-order chi connectivity index (χ1) is 16.8. The molecule has 3 N–H and O–H groups in total. The van der Waals surface area contributed by atoms with Gasteiger partial charge in [0.2, 0.25) is 0 Å². The van der Waals surface area contributed by atoms with E-state index in [1.165, 1.54) is 0 Å². The Hall–Kier alpha value is -3.26. The maximum absolute atomic E-state index is 13.6. The van der Waals surface area contributed by atoms with Crippen LogP contribution in [0.25, 0.3) is 22.2 Å². The van der Waals surface area contributed by atoms with Gasteiger partial charge in [-0.3, -0.25) is 14.9 Å². The lowest BCUT2D eigenvalue weighted by atomic mass is 9.97. The van der Waals surface area contributed by atoms with Crippen LogP contribution >= 0.6 is 27.5 Å². The highest BCUT2D eigenvalue weighted by Gasteiger charge is 2.22. The molecule has 4 aromatic rings. The Bertz CT molecular complexity index is 1400. The number of aliphatic carboxylic acids is 1.